The van der Waals surface area contributed by atoms with E-state index in [1.807, 2.05) is 11.6 Å². The van der Waals surface area contributed by atoms with Gasteiger partial charge in [0.05, 0.1) is 11.4 Å². The third-order valence-electron chi connectivity index (χ3n) is 4.09. The minimum absolute atomic E-state index is 0.327. The van der Waals surface area contributed by atoms with Gasteiger partial charge in [-0.05, 0) is 46.6 Å². The molecule has 1 fully saturated rings. The fourth-order valence-electron chi connectivity index (χ4n) is 2.89. The second-order valence-corrected chi connectivity index (χ2v) is 6.15. The van der Waals surface area contributed by atoms with Gasteiger partial charge in [0.2, 0.25) is 0 Å². The van der Waals surface area contributed by atoms with Crippen molar-refractivity contribution >= 4 is 11.5 Å². The molecule has 5 heteroatoms. The summed E-state index contributed by atoms with van der Waals surface area (Å²) in [6, 6.07) is 0.840. The van der Waals surface area contributed by atoms with Crippen molar-refractivity contribution in [1.29, 1.82) is 0 Å². The lowest BCUT2D eigenvalue weighted by Crippen LogP contribution is -2.39. The lowest BCUT2D eigenvalue weighted by molar-refractivity contribution is 0.219. The molecule has 0 amide bonds. The van der Waals surface area contributed by atoms with Crippen LogP contribution in [0.15, 0.2) is 0 Å². The van der Waals surface area contributed by atoms with Crippen LogP contribution in [0.5, 0.6) is 0 Å². The van der Waals surface area contributed by atoms with Crippen molar-refractivity contribution in [2.24, 2.45) is 0 Å². The Labute approximate surface area is 122 Å². The first-order valence-corrected chi connectivity index (χ1v) is 7.86. The van der Waals surface area contributed by atoms with Gasteiger partial charge in [-0.3, -0.25) is 0 Å². The maximum absolute atomic E-state index is 6.18. The number of likely N-dealkylation sites (tertiary alicyclic amines) is 1. The number of nitrogens with zero attached hydrogens (tertiary/aromatic N) is 3. The normalized spacial score (nSPS) is 17.9. The number of nitrogens with one attached hydrogen (secondary N) is 1. The van der Waals surface area contributed by atoms with E-state index in [4.69, 9.17) is 5.73 Å². The van der Waals surface area contributed by atoms with Gasteiger partial charge in [0, 0.05) is 25.2 Å². The van der Waals surface area contributed by atoms with Crippen molar-refractivity contribution < 1.29 is 0 Å². The first-order chi connectivity index (χ1) is 9.52. The second-order valence-electron chi connectivity index (χ2n) is 6.15. The van der Waals surface area contributed by atoms with Crippen LogP contribution >= 0.6 is 0 Å². The van der Waals surface area contributed by atoms with E-state index in [0.717, 1.165) is 17.2 Å². The summed E-state index contributed by atoms with van der Waals surface area (Å²) >= 11 is 0. The quantitative estimate of drug-likeness (QED) is 0.870. The Hall–Kier alpha value is -1.23. The fraction of sp³-hybridized carbons (Fsp3) is 0.800. The van der Waals surface area contributed by atoms with Gasteiger partial charge in [0.1, 0.15) is 5.82 Å². The predicted octanol–water partition coefficient (Wildman–Crippen LogP) is 2.64. The molecule has 114 valence electrons. The number of nitrogens with two attached hydrogens (primary N) is 1. The van der Waals surface area contributed by atoms with Gasteiger partial charge in [0.15, 0.2) is 0 Å². The zero-order valence-corrected chi connectivity index (χ0v) is 13.3. The van der Waals surface area contributed by atoms with Crippen LogP contribution in [-0.4, -0.2) is 40.4 Å². The summed E-state index contributed by atoms with van der Waals surface area (Å²) in [7, 11) is 0. The summed E-state index contributed by atoms with van der Waals surface area (Å²) in [5.74, 6) is 1.01. The molecule has 2 heterocycles. The Morgan fingerprint density at radius 2 is 2.00 bits per heavy atom. The highest BCUT2D eigenvalue weighted by Crippen LogP contribution is 2.27. The molecule has 20 heavy (non-hydrogen) atoms. The van der Waals surface area contributed by atoms with Gasteiger partial charge in [-0.15, -0.1) is 0 Å². The van der Waals surface area contributed by atoms with E-state index in [2.05, 4.69) is 36.1 Å². The number of rotatable bonds is 5. The molecular formula is C15H29N5. The van der Waals surface area contributed by atoms with E-state index in [1.165, 1.54) is 38.9 Å². The monoisotopic (exact) mass is 279 g/mol. The molecule has 1 aromatic rings. The smallest absolute Gasteiger partial charge is 0.148 e. The van der Waals surface area contributed by atoms with E-state index >= 15 is 0 Å². The van der Waals surface area contributed by atoms with Crippen molar-refractivity contribution in [1.82, 2.24) is 14.7 Å². The van der Waals surface area contributed by atoms with Gasteiger partial charge in [-0.1, -0.05) is 6.92 Å². The molecule has 0 radical (unpaired) electrons. The highest BCUT2D eigenvalue weighted by atomic mass is 15.4. The lowest BCUT2D eigenvalue weighted by Gasteiger charge is -2.32. The molecule has 1 saturated heterocycles. The molecule has 0 unspecified atom stereocenters. The topological polar surface area (TPSA) is 59.1 Å². The molecule has 1 aliphatic heterocycles. The molecule has 0 saturated carbocycles. The number of anilines is 2. The number of aromatic nitrogens is 2. The highest BCUT2D eigenvalue weighted by Gasteiger charge is 2.22. The van der Waals surface area contributed by atoms with E-state index in [9.17, 15) is 0 Å². The molecule has 2 rings (SSSR count). The van der Waals surface area contributed by atoms with Gasteiger partial charge in [0.25, 0.3) is 0 Å². The number of hydrogen-bond acceptors (Lipinski definition) is 4. The summed E-state index contributed by atoms with van der Waals surface area (Å²) in [5, 5.41) is 8.17. The standard InChI is InChI=1S/C15H29N5/c1-5-8-19-9-6-13(7-10-19)17-15-14(16)12(4)18-20(15)11(2)3/h11,13,17H,5-10,16H2,1-4H3. The van der Waals surface area contributed by atoms with Crippen molar-refractivity contribution in [3.63, 3.8) is 0 Å². The lowest BCUT2D eigenvalue weighted by atomic mass is 10.0. The van der Waals surface area contributed by atoms with Crippen LogP contribution in [0.1, 0.15) is 51.8 Å². The molecule has 5 nitrogen and oxygen atoms in total. The van der Waals surface area contributed by atoms with E-state index in [0.29, 0.717) is 12.1 Å². The van der Waals surface area contributed by atoms with E-state index < -0.39 is 0 Å². The first kappa shape index (κ1) is 15.2. The zero-order chi connectivity index (χ0) is 14.7. The predicted molar refractivity (Wildman–Crippen MR) is 85.1 cm³/mol. The highest BCUT2D eigenvalue weighted by molar-refractivity contribution is 5.65. The maximum atomic E-state index is 6.18. The van der Waals surface area contributed by atoms with Gasteiger partial charge < -0.3 is 16.0 Å². The number of piperidine rings is 1. The minimum atomic E-state index is 0.327. The Bertz CT molecular complexity index is 430. The molecule has 0 atom stereocenters. The molecule has 0 bridgehead atoms. The largest absolute Gasteiger partial charge is 0.394 e. The van der Waals surface area contributed by atoms with Crippen molar-refractivity contribution in [2.75, 3.05) is 30.7 Å². The number of nitrogen functional groups attached to an aromatic ring is 1. The molecule has 3 N–H and O–H groups in total. The first-order valence-electron chi connectivity index (χ1n) is 7.86. The Morgan fingerprint density at radius 1 is 1.35 bits per heavy atom. The minimum Gasteiger partial charge on any atom is -0.394 e. The van der Waals surface area contributed by atoms with Crippen LogP contribution in [0, 0.1) is 6.92 Å². The van der Waals surface area contributed by atoms with Crippen LogP contribution in [0.3, 0.4) is 0 Å². The molecule has 0 aliphatic carbocycles. The van der Waals surface area contributed by atoms with Crippen molar-refractivity contribution in [2.45, 2.75) is 59.0 Å². The number of aryl methyl sites for hydroxylation is 1. The Kier molecular flexibility index (Phi) is 4.91. The SMILES string of the molecule is CCCN1CCC(Nc2c(N)c(C)nn2C(C)C)CC1. The summed E-state index contributed by atoms with van der Waals surface area (Å²) in [6.07, 6.45) is 3.61. The van der Waals surface area contributed by atoms with Gasteiger partial charge in [-0.25, -0.2) is 4.68 Å². The van der Waals surface area contributed by atoms with Crippen molar-refractivity contribution in [3.8, 4) is 0 Å². The average Bonchev–Trinajstić information content (AvgIpc) is 2.70. The third-order valence-corrected chi connectivity index (χ3v) is 4.09. The maximum Gasteiger partial charge on any atom is 0.148 e. The zero-order valence-electron chi connectivity index (χ0n) is 13.3. The third kappa shape index (κ3) is 3.26. The average molecular weight is 279 g/mol. The molecule has 1 aliphatic rings. The molecular weight excluding hydrogens is 250 g/mol. The van der Waals surface area contributed by atoms with Crippen molar-refractivity contribution in [3.05, 3.63) is 5.69 Å². The summed E-state index contributed by atoms with van der Waals surface area (Å²) in [4.78, 5) is 2.55. The van der Waals surface area contributed by atoms with Crippen LogP contribution in [0.4, 0.5) is 11.5 Å². The van der Waals surface area contributed by atoms with E-state index in [1.54, 1.807) is 0 Å². The fourth-order valence-corrected chi connectivity index (χ4v) is 2.89. The van der Waals surface area contributed by atoms with Crippen LogP contribution in [0.2, 0.25) is 0 Å². The van der Waals surface area contributed by atoms with E-state index in [-0.39, 0.29) is 0 Å². The molecule has 1 aromatic heterocycles. The Balaban J connectivity index is 2.01. The number of hydrogen-bond donors (Lipinski definition) is 2. The molecule has 0 spiro atoms. The van der Waals surface area contributed by atoms with Crippen LogP contribution in [0.25, 0.3) is 0 Å². The summed E-state index contributed by atoms with van der Waals surface area (Å²) in [6.45, 7) is 12.1. The van der Waals surface area contributed by atoms with Crippen LogP contribution < -0.4 is 11.1 Å². The van der Waals surface area contributed by atoms with Crippen LogP contribution in [-0.2, 0) is 0 Å². The van der Waals surface area contributed by atoms with Gasteiger partial charge >= 0.3 is 0 Å². The molecule has 0 aromatic carbocycles. The summed E-state index contributed by atoms with van der Waals surface area (Å²) < 4.78 is 2.02. The Morgan fingerprint density at radius 3 is 2.55 bits per heavy atom. The summed E-state index contributed by atoms with van der Waals surface area (Å²) in [5.41, 5.74) is 7.90. The second kappa shape index (κ2) is 6.48. The van der Waals surface area contributed by atoms with Gasteiger partial charge in [-0.2, -0.15) is 5.10 Å².